The number of nitrogens with one attached hydrogen (secondary N) is 1. The normalized spacial score (nSPS) is 11.3. The van der Waals surface area contributed by atoms with Gasteiger partial charge in [0.2, 0.25) is 9.84 Å². The summed E-state index contributed by atoms with van der Waals surface area (Å²) in [6.45, 7) is 1.57. The topological polar surface area (TPSA) is 72.5 Å². The first kappa shape index (κ1) is 22.0. The van der Waals surface area contributed by atoms with Gasteiger partial charge in [0.05, 0.1) is 27.5 Å². The highest BCUT2D eigenvalue weighted by Crippen LogP contribution is 2.26. The van der Waals surface area contributed by atoms with Gasteiger partial charge in [0.25, 0.3) is 0 Å². The molecule has 0 saturated heterocycles. The second-order valence-electron chi connectivity index (χ2n) is 6.69. The van der Waals surface area contributed by atoms with E-state index in [1.54, 1.807) is 12.1 Å². The summed E-state index contributed by atoms with van der Waals surface area (Å²) in [5.74, 6) is -0.617. The van der Waals surface area contributed by atoms with Crippen LogP contribution in [-0.2, 0) is 27.5 Å². The Hall–Kier alpha value is -2.67. The predicted molar refractivity (Wildman–Crippen MR) is 117 cm³/mol. The lowest BCUT2D eigenvalue weighted by molar-refractivity contribution is 0.0601. The zero-order valence-electron chi connectivity index (χ0n) is 16.5. The lowest BCUT2D eigenvalue weighted by Gasteiger charge is -2.09. The fourth-order valence-electron chi connectivity index (χ4n) is 2.97. The Labute approximate surface area is 181 Å². The van der Waals surface area contributed by atoms with Gasteiger partial charge in [-0.15, -0.1) is 0 Å². The van der Waals surface area contributed by atoms with Crippen LogP contribution < -0.4 is 5.32 Å². The fraction of sp³-hybridized carbons (Fsp3) is 0.174. The van der Waals surface area contributed by atoms with Crippen molar-refractivity contribution in [3.05, 3.63) is 94.5 Å². The van der Waals surface area contributed by atoms with Crippen molar-refractivity contribution in [3.8, 4) is 0 Å². The standard InChI is InChI=1S/C23H22ClNO4S/c1-29-23(26)21-12-11-20(15-22(21)24)30(27,28)19-9-7-17(8-10-19)13-14-25-16-18-5-3-2-4-6-18/h2-12,15,25H,13-14,16H2,1H3. The van der Waals surface area contributed by atoms with Gasteiger partial charge in [-0.25, -0.2) is 13.2 Å². The number of hydrogen-bond acceptors (Lipinski definition) is 5. The van der Waals surface area contributed by atoms with Crippen molar-refractivity contribution in [2.45, 2.75) is 22.8 Å². The molecule has 0 amide bonds. The highest BCUT2D eigenvalue weighted by atomic mass is 35.5. The molecule has 0 bridgehead atoms. The summed E-state index contributed by atoms with van der Waals surface area (Å²) in [5, 5.41) is 3.41. The van der Waals surface area contributed by atoms with E-state index in [1.165, 1.54) is 30.9 Å². The Balaban J connectivity index is 1.64. The first-order valence-corrected chi connectivity index (χ1v) is 11.2. The van der Waals surface area contributed by atoms with Gasteiger partial charge in [-0.05, 0) is 54.4 Å². The highest BCUT2D eigenvalue weighted by Gasteiger charge is 2.20. The lowest BCUT2D eigenvalue weighted by Crippen LogP contribution is -2.16. The Morgan fingerprint density at radius 3 is 2.23 bits per heavy atom. The summed E-state index contributed by atoms with van der Waals surface area (Å²) in [6.07, 6.45) is 0.785. The molecule has 5 nitrogen and oxygen atoms in total. The van der Waals surface area contributed by atoms with E-state index in [9.17, 15) is 13.2 Å². The maximum Gasteiger partial charge on any atom is 0.339 e. The van der Waals surface area contributed by atoms with E-state index in [1.807, 2.05) is 30.3 Å². The third kappa shape index (κ3) is 5.27. The molecule has 3 aromatic carbocycles. The monoisotopic (exact) mass is 443 g/mol. The van der Waals surface area contributed by atoms with Gasteiger partial charge >= 0.3 is 5.97 Å². The summed E-state index contributed by atoms with van der Waals surface area (Å²) in [4.78, 5) is 11.8. The van der Waals surface area contributed by atoms with Crippen molar-refractivity contribution in [1.29, 1.82) is 0 Å². The zero-order valence-corrected chi connectivity index (χ0v) is 18.0. The largest absolute Gasteiger partial charge is 0.465 e. The van der Waals surface area contributed by atoms with Crippen LogP contribution in [0.2, 0.25) is 5.02 Å². The molecule has 7 heteroatoms. The van der Waals surface area contributed by atoms with Crippen LogP contribution >= 0.6 is 11.6 Å². The van der Waals surface area contributed by atoms with E-state index >= 15 is 0 Å². The molecule has 0 aliphatic heterocycles. The molecule has 30 heavy (non-hydrogen) atoms. The van der Waals surface area contributed by atoms with E-state index in [-0.39, 0.29) is 20.4 Å². The summed E-state index contributed by atoms with van der Waals surface area (Å²) in [7, 11) is -2.50. The third-order valence-corrected chi connectivity index (χ3v) is 6.73. The first-order valence-electron chi connectivity index (χ1n) is 9.38. The van der Waals surface area contributed by atoms with Crippen LogP contribution in [-0.4, -0.2) is 28.0 Å². The molecule has 0 aliphatic carbocycles. The van der Waals surface area contributed by atoms with Gasteiger partial charge < -0.3 is 10.1 Å². The zero-order chi connectivity index (χ0) is 21.6. The molecule has 3 rings (SSSR count). The van der Waals surface area contributed by atoms with Crippen molar-refractivity contribution in [2.24, 2.45) is 0 Å². The van der Waals surface area contributed by atoms with Gasteiger partial charge in [-0.1, -0.05) is 54.1 Å². The molecule has 1 N–H and O–H groups in total. The van der Waals surface area contributed by atoms with Crippen LogP contribution in [0, 0.1) is 0 Å². The average Bonchev–Trinajstić information content (AvgIpc) is 2.77. The lowest BCUT2D eigenvalue weighted by atomic mass is 10.1. The fourth-order valence-corrected chi connectivity index (χ4v) is 4.58. The quantitative estimate of drug-likeness (QED) is 0.415. The third-order valence-electron chi connectivity index (χ3n) is 4.65. The number of esters is 1. The number of halogens is 1. The maximum atomic E-state index is 12.9. The molecule has 156 valence electrons. The maximum absolute atomic E-state index is 12.9. The average molecular weight is 444 g/mol. The van der Waals surface area contributed by atoms with Crippen LogP contribution in [0.3, 0.4) is 0 Å². The summed E-state index contributed by atoms with van der Waals surface area (Å²) < 4.78 is 30.4. The van der Waals surface area contributed by atoms with Crippen LogP contribution in [0.5, 0.6) is 0 Å². The number of sulfone groups is 1. The number of benzene rings is 3. The molecule has 0 fully saturated rings. The van der Waals surface area contributed by atoms with E-state index in [2.05, 4.69) is 22.2 Å². The Kier molecular flexibility index (Phi) is 7.26. The van der Waals surface area contributed by atoms with Gasteiger partial charge in [0.1, 0.15) is 0 Å². The number of carbonyl (C=O) groups excluding carboxylic acids is 1. The van der Waals surface area contributed by atoms with E-state index in [4.69, 9.17) is 11.6 Å². The molecular weight excluding hydrogens is 422 g/mol. The van der Waals surface area contributed by atoms with E-state index < -0.39 is 15.8 Å². The molecule has 0 aliphatic rings. The van der Waals surface area contributed by atoms with Gasteiger partial charge in [-0.2, -0.15) is 0 Å². The molecule has 0 spiro atoms. The predicted octanol–water partition coefficient (Wildman–Crippen LogP) is 4.29. The second kappa shape index (κ2) is 9.89. The van der Waals surface area contributed by atoms with Crippen LogP contribution in [0.15, 0.2) is 82.6 Å². The summed E-state index contributed by atoms with van der Waals surface area (Å²) in [6, 6.07) is 20.9. The smallest absolute Gasteiger partial charge is 0.339 e. The van der Waals surface area contributed by atoms with Gasteiger partial charge in [0.15, 0.2) is 0 Å². The first-order chi connectivity index (χ1) is 14.4. The Morgan fingerprint density at radius 2 is 1.60 bits per heavy atom. The SMILES string of the molecule is COC(=O)c1ccc(S(=O)(=O)c2ccc(CCNCc3ccccc3)cc2)cc1Cl. The van der Waals surface area contributed by atoms with Crippen LogP contribution in [0.4, 0.5) is 0 Å². The van der Waals surface area contributed by atoms with Crippen LogP contribution in [0.1, 0.15) is 21.5 Å². The Morgan fingerprint density at radius 1 is 0.933 bits per heavy atom. The minimum Gasteiger partial charge on any atom is -0.465 e. The molecular formula is C23H22ClNO4S. The van der Waals surface area contributed by atoms with Crippen molar-refractivity contribution in [1.82, 2.24) is 5.32 Å². The van der Waals surface area contributed by atoms with E-state index in [0.29, 0.717) is 0 Å². The van der Waals surface area contributed by atoms with Crippen molar-refractivity contribution in [3.63, 3.8) is 0 Å². The number of methoxy groups -OCH3 is 1. The molecule has 0 atom stereocenters. The highest BCUT2D eigenvalue weighted by molar-refractivity contribution is 7.91. The molecule has 0 saturated carbocycles. The van der Waals surface area contributed by atoms with Gasteiger partial charge in [0, 0.05) is 6.54 Å². The number of ether oxygens (including phenoxy) is 1. The summed E-state index contributed by atoms with van der Waals surface area (Å²) >= 11 is 6.06. The van der Waals surface area contributed by atoms with Crippen molar-refractivity contribution < 1.29 is 17.9 Å². The number of carbonyl (C=O) groups is 1. The second-order valence-corrected chi connectivity index (χ2v) is 9.05. The van der Waals surface area contributed by atoms with Crippen molar-refractivity contribution >= 4 is 27.4 Å². The molecule has 3 aromatic rings. The Bertz CT molecular complexity index is 1110. The van der Waals surface area contributed by atoms with Gasteiger partial charge in [-0.3, -0.25) is 0 Å². The summed E-state index contributed by atoms with van der Waals surface area (Å²) in [5.41, 5.74) is 2.38. The number of rotatable bonds is 8. The molecule has 0 heterocycles. The minimum atomic E-state index is -3.74. The molecule has 0 aromatic heterocycles. The van der Waals surface area contributed by atoms with Crippen LogP contribution in [0.25, 0.3) is 0 Å². The minimum absolute atomic E-state index is 0.0254. The number of hydrogen-bond donors (Lipinski definition) is 1. The van der Waals surface area contributed by atoms with Crippen molar-refractivity contribution in [2.75, 3.05) is 13.7 Å². The molecule has 0 radical (unpaired) electrons. The van der Waals surface area contributed by atoms with E-state index in [0.717, 1.165) is 25.1 Å². The molecule has 0 unspecified atom stereocenters.